The maximum Gasteiger partial charge on any atom is 0.395 e. The van der Waals surface area contributed by atoms with Gasteiger partial charge in [-0.1, -0.05) is 6.07 Å². The van der Waals surface area contributed by atoms with Crippen LogP contribution in [0.4, 0.5) is 27.6 Å². The molecule has 3 saturated carbocycles. The maximum absolute atomic E-state index is 13.8. The molecule has 1 aromatic rings. The monoisotopic (exact) mass is 582 g/mol. The lowest BCUT2D eigenvalue weighted by atomic mass is 9.75. The molecular weight excluding hydrogens is 547 g/mol. The fraction of sp³-hybridized carbons (Fsp3) is 0.690. The van der Waals surface area contributed by atoms with Crippen molar-refractivity contribution in [3.05, 3.63) is 29.3 Å². The Kier molecular flexibility index (Phi) is 6.86. The number of nitrogens with one attached hydrogen (secondary N) is 3. The van der Waals surface area contributed by atoms with Crippen LogP contribution in [-0.2, 0) is 16.1 Å². The molecule has 3 amide bonds. The molecule has 7 nitrogen and oxygen atoms in total. The highest BCUT2D eigenvalue weighted by atomic mass is 19.4. The number of amides is 3. The van der Waals surface area contributed by atoms with Crippen LogP contribution in [0.15, 0.2) is 18.2 Å². The molecule has 224 valence electrons. The van der Waals surface area contributed by atoms with E-state index in [2.05, 4.69) is 16.0 Å². The zero-order valence-corrected chi connectivity index (χ0v) is 22.7. The number of carbonyl (C=O) groups is 3. The molecule has 2 aliphatic heterocycles. The normalized spacial score (nSPS) is 32.0. The van der Waals surface area contributed by atoms with Crippen molar-refractivity contribution in [3.8, 4) is 0 Å². The number of piperidine rings is 1. The molecule has 3 aliphatic carbocycles. The van der Waals surface area contributed by atoms with Crippen molar-refractivity contribution in [1.82, 2.24) is 15.5 Å². The van der Waals surface area contributed by atoms with E-state index in [0.29, 0.717) is 49.8 Å². The van der Waals surface area contributed by atoms with Gasteiger partial charge in [-0.25, -0.2) is 8.78 Å². The van der Waals surface area contributed by atoms with E-state index >= 15 is 0 Å². The van der Waals surface area contributed by atoms with Crippen molar-refractivity contribution in [2.24, 2.45) is 11.3 Å². The SMILES string of the molecule is O=C1CC[C@@H](N2Cc3c(NC4(CC[C@@H]5CC5(F)F)CCC(NCC5(C(F)(F)F)CC5)CC4)cccc3C2=O)C(=O)N1. The van der Waals surface area contributed by atoms with Crippen molar-refractivity contribution in [2.75, 3.05) is 11.9 Å². The lowest BCUT2D eigenvalue weighted by Crippen LogP contribution is -2.52. The Morgan fingerprint density at radius 1 is 1.02 bits per heavy atom. The third-order valence-corrected chi connectivity index (χ3v) is 10.0. The highest BCUT2D eigenvalue weighted by Crippen LogP contribution is 2.57. The largest absolute Gasteiger partial charge is 0.395 e. The summed E-state index contributed by atoms with van der Waals surface area (Å²) in [5.74, 6) is -4.46. The van der Waals surface area contributed by atoms with Gasteiger partial charge in [0, 0.05) is 60.2 Å². The van der Waals surface area contributed by atoms with E-state index in [9.17, 15) is 36.3 Å². The molecule has 1 saturated heterocycles. The fourth-order valence-electron chi connectivity index (χ4n) is 6.88. The van der Waals surface area contributed by atoms with E-state index in [1.54, 1.807) is 12.1 Å². The molecule has 1 aromatic carbocycles. The number of hydrogen-bond acceptors (Lipinski definition) is 5. The molecule has 4 fully saturated rings. The van der Waals surface area contributed by atoms with Gasteiger partial charge in [0.25, 0.3) is 11.8 Å². The zero-order valence-electron chi connectivity index (χ0n) is 22.7. The van der Waals surface area contributed by atoms with Gasteiger partial charge in [-0.15, -0.1) is 0 Å². The number of fused-ring (bicyclic) bond motifs is 1. The second-order valence-electron chi connectivity index (χ2n) is 12.8. The van der Waals surface area contributed by atoms with Gasteiger partial charge in [-0.2, -0.15) is 13.2 Å². The topological polar surface area (TPSA) is 90.5 Å². The Bertz CT molecular complexity index is 1240. The van der Waals surface area contributed by atoms with Crippen LogP contribution in [0, 0.1) is 11.3 Å². The Balaban J connectivity index is 1.16. The number of rotatable bonds is 9. The van der Waals surface area contributed by atoms with Gasteiger partial charge >= 0.3 is 6.18 Å². The van der Waals surface area contributed by atoms with E-state index in [-0.39, 0.29) is 63.0 Å². The Labute approximate surface area is 235 Å². The Morgan fingerprint density at radius 3 is 2.34 bits per heavy atom. The summed E-state index contributed by atoms with van der Waals surface area (Å²) >= 11 is 0. The first kappa shape index (κ1) is 28.4. The lowest BCUT2D eigenvalue weighted by Gasteiger charge is -2.43. The number of alkyl halides is 5. The number of carbonyl (C=O) groups excluding carboxylic acids is 3. The smallest absolute Gasteiger partial charge is 0.379 e. The van der Waals surface area contributed by atoms with Crippen molar-refractivity contribution in [3.63, 3.8) is 0 Å². The number of imide groups is 1. The standard InChI is InChI=1S/C29H35F5N4O3/c30-28(31)14-17(28)6-9-27(10-7-18(8-11-27)35-16-26(12-13-26)29(32,33)34)37-21-3-1-2-19-20(21)15-38(25(19)41)22-4-5-23(39)36-24(22)40/h1-3,17-18,22,35,37H,4-16H2,(H,36,39,40)/t17-,18?,22-,27?/m1/s1. The van der Waals surface area contributed by atoms with Crippen LogP contribution in [0.5, 0.6) is 0 Å². The third kappa shape index (κ3) is 5.44. The summed E-state index contributed by atoms with van der Waals surface area (Å²) in [6, 6.07) is 4.45. The molecule has 2 atom stereocenters. The van der Waals surface area contributed by atoms with Gasteiger partial charge < -0.3 is 15.5 Å². The summed E-state index contributed by atoms with van der Waals surface area (Å²) in [6.07, 6.45) is -0.427. The van der Waals surface area contributed by atoms with E-state index in [1.807, 2.05) is 6.07 Å². The van der Waals surface area contributed by atoms with Crippen LogP contribution in [0.3, 0.4) is 0 Å². The second kappa shape index (κ2) is 9.91. The minimum atomic E-state index is -4.22. The van der Waals surface area contributed by atoms with E-state index in [0.717, 1.165) is 5.56 Å². The van der Waals surface area contributed by atoms with Crippen molar-refractivity contribution in [1.29, 1.82) is 0 Å². The van der Waals surface area contributed by atoms with Gasteiger partial charge in [0.15, 0.2) is 0 Å². The number of nitrogens with zero attached hydrogens (tertiary/aromatic N) is 1. The average molecular weight is 583 g/mol. The minimum Gasteiger partial charge on any atom is -0.379 e. The van der Waals surface area contributed by atoms with Crippen LogP contribution in [0.2, 0.25) is 0 Å². The minimum absolute atomic E-state index is 0.0850. The number of hydrogen-bond donors (Lipinski definition) is 3. The Morgan fingerprint density at radius 2 is 1.73 bits per heavy atom. The first-order valence-electron chi connectivity index (χ1n) is 14.5. The summed E-state index contributed by atoms with van der Waals surface area (Å²) in [7, 11) is 0. The number of halogens is 5. The summed E-state index contributed by atoms with van der Waals surface area (Å²) in [5.41, 5.74) is -0.282. The molecule has 2 heterocycles. The zero-order chi connectivity index (χ0) is 29.2. The highest BCUT2D eigenvalue weighted by molar-refractivity contribution is 6.06. The second-order valence-corrected chi connectivity index (χ2v) is 12.8. The summed E-state index contributed by atoms with van der Waals surface area (Å²) in [5, 5.41) is 9.05. The maximum atomic E-state index is 13.8. The van der Waals surface area contributed by atoms with E-state index in [4.69, 9.17) is 0 Å². The lowest BCUT2D eigenvalue weighted by molar-refractivity contribution is -0.186. The summed E-state index contributed by atoms with van der Waals surface area (Å²) in [6.45, 7) is 0.0878. The van der Waals surface area contributed by atoms with Gasteiger partial charge in [0.1, 0.15) is 6.04 Å². The molecule has 0 unspecified atom stereocenters. The van der Waals surface area contributed by atoms with Crippen molar-refractivity contribution < 1.29 is 36.3 Å². The molecule has 3 N–H and O–H groups in total. The molecule has 0 spiro atoms. The van der Waals surface area contributed by atoms with Gasteiger partial charge in [-0.05, 0) is 69.9 Å². The van der Waals surface area contributed by atoms with Crippen LogP contribution in [-0.4, -0.2) is 58.9 Å². The first-order valence-corrected chi connectivity index (χ1v) is 14.5. The Hall–Kier alpha value is -2.76. The highest BCUT2D eigenvalue weighted by Gasteiger charge is 2.63. The number of benzene rings is 1. The molecule has 12 heteroatoms. The van der Waals surface area contributed by atoms with Gasteiger partial charge in [0.2, 0.25) is 11.8 Å². The van der Waals surface area contributed by atoms with E-state index in [1.165, 1.54) is 4.90 Å². The average Bonchev–Trinajstić information content (AvgIpc) is 3.80. The predicted octanol–water partition coefficient (Wildman–Crippen LogP) is 4.91. The molecule has 0 bridgehead atoms. The van der Waals surface area contributed by atoms with Gasteiger partial charge in [0.05, 0.1) is 5.41 Å². The molecule has 0 radical (unpaired) electrons. The summed E-state index contributed by atoms with van der Waals surface area (Å²) in [4.78, 5) is 38.8. The van der Waals surface area contributed by atoms with Crippen LogP contribution in [0.1, 0.15) is 86.6 Å². The molecule has 5 aliphatic rings. The van der Waals surface area contributed by atoms with Gasteiger partial charge in [-0.3, -0.25) is 19.7 Å². The molecule has 0 aromatic heterocycles. The summed E-state index contributed by atoms with van der Waals surface area (Å²) < 4.78 is 67.7. The first-order chi connectivity index (χ1) is 19.3. The fourth-order valence-corrected chi connectivity index (χ4v) is 6.88. The van der Waals surface area contributed by atoms with Crippen LogP contribution >= 0.6 is 0 Å². The molecule has 41 heavy (non-hydrogen) atoms. The number of anilines is 1. The van der Waals surface area contributed by atoms with Crippen LogP contribution < -0.4 is 16.0 Å². The van der Waals surface area contributed by atoms with Crippen molar-refractivity contribution in [2.45, 2.75) is 107 Å². The van der Waals surface area contributed by atoms with Crippen molar-refractivity contribution >= 4 is 23.4 Å². The quantitative estimate of drug-likeness (QED) is 0.285. The van der Waals surface area contributed by atoms with Crippen LogP contribution in [0.25, 0.3) is 0 Å². The predicted molar refractivity (Wildman–Crippen MR) is 139 cm³/mol. The third-order valence-electron chi connectivity index (χ3n) is 10.0. The van der Waals surface area contributed by atoms with E-state index < -0.39 is 40.9 Å². The molecular formula is C29H35F5N4O3. The molecule has 6 rings (SSSR count).